The van der Waals surface area contributed by atoms with Gasteiger partial charge in [-0.1, -0.05) is 6.92 Å². The molecule has 3 rings (SSSR count). The zero-order valence-electron chi connectivity index (χ0n) is 15.1. The Morgan fingerprint density at radius 1 is 1.32 bits per heavy atom. The van der Waals surface area contributed by atoms with Crippen LogP contribution < -0.4 is 5.73 Å². The molecule has 6 heteroatoms. The number of thiophene rings is 1. The number of ether oxygens (including phenoxy) is 1. The summed E-state index contributed by atoms with van der Waals surface area (Å²) in [5, 5.41) is 4.14. The molecule has 0 unspecified atom stereocenters. The third kappa shape index (κ3) is 3.81. The number of hydrogen-bond acceptors (Lipinski definition) is 4. The number of aromatic nitrogens is 1. The average Bonchev–Trinajstić information content (AvgIpc) is 3.22. The van der Waals surface area contributed by atoms with Crippen LogP contribution in [-0.2, 0) is 17.7 Å². The lowest BCUT2D eigenvalue weighted by Gasteiger charge is -2.26. The van der Waals surface area contributed by atoms with Gasteiger partial charge in [0.2, 0.25) is 0 Å². The number of nitrogens with two attached hydrogens (primary N) is 1. The summed E-state index contributed by atoms with van der Waals surface area (Å²) >= 11 is 1.65. The second kappa shape index (κ2) is 8.17. The highest BCUT2D eigenvalue weighted by atomic mass is 32.1. The number of nitrogens with zero attached hydrogens (tertiary/aromatic N) is 2. The van der Waals surface area contributed by atoms with Crippen molar-refractivity contribution in [2.24, 2.45) is 5.73 Å². The van der Waals surface area contributed by atoms with Gasteiger partial charge in [-0.05, 0) is 42.2 Å². The third-order valence-electron chi connectivity index (χ3n) is 4.98. The number of rotatable bonds is 7. The number of morpholine rings is 1. The molecular weight excluding hydrogens is 334 g/mol. The lowest BCUT2D eigenvalue weighted by Crippen LogP contribution is -2.37. The van der Waals surface area contributed by atoms with E-state index in [1.165, 1.54) is 5.69 Å². The Morgan fingerprint density at radius 3 is 2.68 bits per heavy atom. The van der Waals surface area contributed by atoms with Gasteiger partial charge < -0.3 is 15.0 Å². The van der Waals surface area contributed by atoms with E-state index in [4.69, 9.17) is 10.5 Å². The van der Waals surface area contributed by atoms with Crippen LogP contribution in [0.4, 0.5) is 0 Å². The minimum absolute atomic E-state index is 0.333. The van der Waals surface area contributed by atoms with Crippen LogP contribution in [-0.4, -0.2) is 48.2 Å². The first-order valence-electron chi connectivity index (χ1n) is 8.98. The molecule has 0 bridgehead atoms. The Balaban J connectivity index is 1.85. The largest absolute Gasteiger partial charge is 0.379 e. The Hall–Kier alpha value is -1.63. The summed E-state index contributed by atoms with van der Waals surface area (Å²) in [7, 11) is 0. The van der Waals surface area contributed by atoms with Crippen molar-refractivity contribution in [2.75, 3.05) is 32.8 Å². The topological polar surface area (TPSA) is 60.5 Å². The van der Waals surface area contributed by atoms with Crippen molar-refractivity contribution in [2.45, 2.75) is 33.2 Å². The van der Waals surface area contributed by atoms with Crippen LogP contribution in [0.1, 0.15) is 35.1 Å². The summed E-state index contributed by atoms with van der Waals surface area (Å²) in [6.07, 6.45) is 1.95. The Kier molecular flexibility index (Phi) is 5.93. The van der Waals surface area contributed by atoms with Gasteiger partial charge in [0.05, 0.1) is 18.8 Å². The lowest BCUT2D eigenvalue weighted by atomic mass is 10.0. The predicted molar refractivity (Wildman–Crippen MR) is 102 cm³/mol. The van der Waals surface area contributed by atoms with Gasteiger partial charge in [-0.15, -0.1) is 0 Å². The first-order chi connectivity index (χ1) is 12.1. The number of carbonyl (C=O) groups excluding carboxylic acids is 1. The molecule has 0 atom stereocenters. The Labute approximate surface area is 153 Å². The van der Waals surface area contributed by atoms with Gasteiger partial charge in [0.15, 0.2) is 0 Å². The van der Waals surface area contributed by atoms with Crippen LogP contribution >= 0.6 is 11.3 Å². The van der Waals surface area contributed by atoms with E-state index in [2.05, 4.69) is 27.8 Å². The van der Waals surface area contributed by atoms with E-state index in [0.717, 1.165) is 69.1 Å². The maximum atomic E-state index is 12.1. The zero-order valence-corrected chi connectivity index (χ0v) is 15.9. The molecule has 0 aliphatic carbocycles. The molecule has 1 fully saturated rings. The van der Waals surface area contributed by atoms with Crippen molar-refractivity contribution < 1.29 is 9.53 Å². The van der Waals surface area contributed by atoms with E-state index in [1.54, 1.807) is 11.3 Å². The van der Waals surface area contributed by atoms with Crippen LogP contribution in [0.3, 0.4) is 0 Å². The molecule has 5 nitrogen and oxygen atoms in total. The maximum absolute atomic E-state index is 12.1. The smallest absolute Gasteiger partial charge is 0.251 e. The number of primary amides is 1. The minimum atomic E-state index is -0.333. The van der Waals surface area contributed by atoms with Crippen molar-refractivity contribution in [3.63, 3.8) is 0 Å². The SMILES string of the molecule is CCc1c(-c2ccsc2)c(C(N)=O)c(C)n1CCCN1CCOCC1. The van der Waals surface area contributed by atoms with E-state index >= 15 is 0 Å². The van der Waals surface area contributed by atoms with Gasteiger partial charge in [-0.3, -0.25) is 9.69 Å². The van der Waals surface area contributed by atoms with Gasteiger partial charge in [0, 0.05) is 43.1 Å². The first-order valence-corrected chi connectivity index (χ1v) is 9.92. The highest BCUT2D eigenvalue weighted by molar-refractivity contribution is 7.08. The molecule has 1 aliphatic rings. The normalized spacial score (nSPS) is 15.6. The average molecular weight is 362 g/mol. The van der Waals surface area contributed by atoms with Gasteiger partial charge in [-0.2, -0.15) is 11.3 Å². The van der Waals surface area contributed by atoms with Crippen molar-refractivity contribution in [1.29, 1.82) is 0 Å². The summed E-state index contributed by atoms with van der Waals surface area (Å²) < 4.78 is 7.71. The fourth-order valence-corrected chi connectivity index (χ4v) is 4.41. The Morgan fingerprint density at radius 2 is 2.08 bits per heavy atom. The molecule has 0 aromatic carbocycles. The number of amides is 1. The number of hydrogen-bond donors (Lipinski definition) is 1. The summed E-state index contributed by atoms with van der Waals surface area (Å²) in [6, 6.07) is 2.07. The predicted octanol–water partition coefficient (Wildman–Crippen LogP) is 2.91. The molecule has 25 heavy (non-hydrogen) atoms. The van der Waals surface area contributed by atoms with Crippen molar-refractivity contribution in [1.82, 2.24) is 9.47 Å². The molecule has 1 amide bonds. The van der Waals surface area contributed by atoms with Crippen LogP contribution in [0.25, 0.3) is 11.1 Å². The van der Waals surface area contributed by atoms with Crippen molar-refractivity contribution in [3.05, 3.63) is 33.8 Å². The third-order valence-corrected chi connectivity index (χ3v) is 5.67. The van der Waals surface area contributed by atoms with Gasteiger partial charge in [0.1, 0.15) is 0 Å². The quantitative estimate of drug-likeness (QED) is 0.825. The van der Waals surface area contributed by atoms with Crippen LogP contribution in [0.15, 0.2) is 16.8 Å². The summed E-state index contributed by atoms with van der Waals surface area (Å²) in [4.78, 5) is 14.6. The Bertz CT molecular complexity index is 716. The fraction of sp³-hybridized carbons (Fsp3) is 0.526. The summed E-state index contributed by atoms with van der Waals surface area (Å²) in [6.45, 7) is 9.82. The molecule has 136 valence electrons. The van der Waals surface area contributed by atoms with E-state index in [-0.39, 0.29) is 5.91 Å². The molecule has 0 spiro atoms. The second-order valence-electron chi connectivity index (χ2n) is 6.47. The highest BCUT2D eigenvalue weighted by Crippen LogP contribution is 2.34. The monoisotopic (exact) mass is 361 g/mol. The molecule has 2 aromatic heterocycles. The summed E-state index contributed by atoms with van der Waals surface area (Å²) in [5.41, 5.74) is 10.8. The maximum Gasteiger partial charge on any atom is 0.251 e. The molecule has 1 saturated heterocycles. The van der Waals surface area contributed by atoms with E-state index in [9.17, 15) is 4.79 Å². The molecule has 0 saturated carbocycles. The van der Waals surface area contributed by atoms with Crippen molar-refractivity contribution in [3.8, 4) is 11.1 Å². The molecule has 2 aromatic rings. The lowest BCUT2D eigenvalue weighted by molar-refractivity contribution is 0.0369. The molecular formula is C19H27N3O2S. The van der Waals surface area contributed by atoms with Gasteiger partial charge in [-0.25, -0.2) is 0 Å². The van der Waals surface area contributed by atoms with Crippen LogP contribution in [0.2, 0.25) is 0 Å². The van der Waals surface area contributed by atoms with E-state index < -0.39 is 0 Å². The highest BCUT2D eigenvalue weighted by Gasteiger charge is 2.24. The van der Waals surface area contributed by atoms with E-state index in [1.807, 2.05) is 12.3 Å². The van der Waals surface area contributed by atoms with Crippen molar-refractivity contribution >= 4 is 17.2 Å². The molecule has 3 heterocycles. The molecule has 1 aliphatic heterocycles. The van der Waals surface area contributed by atoms with Gasteiger partial charge >= 0.3 is 0 Å². The van der Waals surface area contributed by atoms with Crippen LogP contribution in [0, 0.1) is 6.92 Å². The number of carbonyl (C=O) groups is 1. The fourth-order valence-electron chi connectivity index (χ4n) is 3.76. The van der Waals surface area contributed by atoms with Gasteiger partial charge in [0.25, 0.3) is 5.91 Å². The zero-order chi connectivity index (χ0) is 17.8. The van der Waals surface area contributed by atoms with E-state index in [0.29, 0.717) is 5.56 Å². The molecule has 2 N–H and O–H groups in total. The summed E-state index contributed by atoms with van der Waals surface area (Å²) in [5.74, 6) is -0.333. The minimum Gasteiger partial charge on any atom is -0.379 e. The standard InChI is InChI=1S/C19H27N3O2S/c1-3-16-18(15-5-12-25-13-15)17(19(20)23)14(2)22(16)7-4-6-21-8-10-24-11-9-21/h5,12-13H,3-4,6-11H2,1-2H3,(H2,20,23). The van der Waals surface area contributed by atoms with Crippen LogP contribution in [0.5, 0.6) is 0 Å². The first kappa shape index (κ1) is 18.2. The molecule has 0 radical (unpaired) electrons. The second-order valence-corrected chi connectivity index (χ2v) is 7.25.